The van der Waals surface area contributed by atoms with Gasteiger partial charge < -0.3 is 22.0 Å². The summed E-state index contributed by atoms with van der Waals surface area (Å²) in [5.74, 6) is 6.10. The molecule has 0 aliphatic carbocycles. The van der Waals surface area contributed by atoms with Crippen LogP contribution in [0.5, 0.6) is 0 Å². The van der Waals surface area contributed by atoms with Crippen LogP contribution in [-0.4, -0.2) is 28.0 Å². The molecule has 0 aliphatic heterocycles. The predicted octanol–water partition coefficient (Wildman–Crippen LogP) is -1.95. The molecule has 6 N–H and O–H groups in total. The van der Waals surface area contributed by atoms with Crippen molar-refractivity contribution in [3.05, 3.63) is 5.82 Å². The number of ether oxygens (including phenoxy) is 1. The summed E-state index contributed by atoms with van der Waals surface area (Å²) in [6, 6.07) is 0. The average molecular weight is 172 g/mol. The van der Waals surface area contributed by atoms with E-state index in [1.54, 1.807) is 0 Å². The van der Waals surface area contributed by atoms with Gasteiger partial charge in [-0.1, -0.05) is 0 Å². The summed E-state index contributed by atoms with van der Waals surface area (Å²) in [6.45, 7) is 1.21. The summed E-state index contributed by atoms with van der Waals surface area (Å²) in [7, 11) is 0. The van der Waals surface area contributed by atoms with Crippen LogP contribution in [0.15, 0.2) is 0 Å². The zero-order chi connectivity index (χ0) is 8.97. The maximum Gasteiger partial charge on any atom is 0.240 e. The monoisotopic (exact) mass is 172 g/mol. The zero-order valence-electron chi connectivity index (χ0n) is 6.60. The third-order valence-electron chi connectivity index (χ3n) is 1.29. The molecule has 7 heteroatoms. The molecule has 0 aliphatic rings. The van der Waals surface area contributed by atoms with Crippen molar-refractivity contribution in [3.8, 4) is 0 Å². The fourth-order valence-corrected chi connectivity index (χ4v) is 0.683. The van der Waals surface area contributed by atoms with E-state index in [9.17, 15) is 0 Å². The average Bonchev–Trinajstić information content (AvgIpc) is 2.36. The van der Waals surface area contributed by atoms with E-state index in [2.05, 4.69) is 10.2 Å². The molecule has 1 rings (SSSR count). The lowest BCUT2D eigenvalue weighted by Crippen LogP contribution is -2.17. The van der Waals surface area contributed by atoms with Gasteiger partial charge in [-0.3, -0.25) is 0 Å². The molecule has 0 spiro atoms. The first-order chi connectivity index (χ1) is 5.75. The van der Waals surface area contributed by atoms with Crippen molar-refractivity contribution in [2.45, 2.75) is 6.61 Å². The van der Waals surface area contributed by atoms with Gasteiger partial charge in [-0.25, -0.2) is 4.68 Å². The Morgan fingerprint density at radius 1 is 1.42 bits per heavy atom. The van der Waals surface area contributed by atoms with Gasteiger partial charge in [0.05, 0.1) is 6.61 Å². The fraction of sp³-hybridized carbons (Fsp3) is 0.600. The Morgan fingerprint density at radius 2 is 2.17 bits per heavy atom. The van der Waals surface area contributed by atoms with Crippen LogP contribution in [0.2, 0.25) is 0 Å². The Balaban J connectivity index is 2.46. The minimum absolute atomic E-state index is 0.168. The molecule has 1 aromatic heterocycles. The van der Waals surface area contributed by atoms with Gasteiger partial charge in [-0.15, -0.1) is 10.2 Å². The molecule has 0 saturated heterocycles. The highest BCUT2D eigenvalue weighted by Crippen LogP contribution is 1.98. The molecule has 12 heavy (non-hydrogen) atoms. The number of hydrogen-bond donors (Lipinski definition) is 3. The van der Waals surface area contributed by atoms with Crippen LogP contribution in [0.3, 0.4) is 0 Å². The maximum atomic E-state index is 5.44. The highest BCUT2D eigenvalue weighted by atomic mass is 16.5. The van der Waals surface area contributed by atoms with E-state index in [0.717, 1.165) is 0 Å². The molecule has 7 nitrogen and oxygen atoms in total. The third kappa shape index (κ3) is 1.83. The quantitative estimate of drug-likeness (QED) is 0.359. The van der Waals surface area contributed by atoms with Crippen molar-refractivity contribution in [1.29, 1.82) is 0 Å². The summed E-state index contributed by atoms with van der Waals surface area (Å²) in [6.07, 6.45) is 0. The second kappa shape index (κ2) is 3.88. The maximum absolute atomic E-state index is 5.44. The van der Waals surface area contributed by atoms with Gasteiger partial charge in [-0.05, 0) is 0 Å². The Bertz CT molecular complexity index is 246. The molecule has 0 radical (unpaired) electrons. The standard InChI is InChI=1S/C5H12N6O/c6-1-2-12-3-4-9-10-5(7)11(4)8/h1-3,6,8H2,(H2,7,10). The van der Waals surface area contributed by atoms with E-state index in [0.29, 0.717) is 19.0 Å². The Labute approximate surface area is 69.5 Å². The number of nitrogens with two attached hydrogens (primary N) is 3. The second-order valence-electron chi connectivity index (χ2n) is 2.19. The summed E-state index contributed by atoms with van der Waals surface area (Å²) < 4.78 is 6.26. The molecule has 0 aromatic carbocycles. The lowest BCUT2D eigenvalue weighted by molar-refractivity contribution is 0.121. The predicted molar refractivity (Wildman–Crippen MR) is 43.3 cm³/mol. The smallest absolute Gasteiger partial charge is 0.240 e. The lowest BCUT2D eigenvalue weighted by atomic mass is 10.6. The molecule has 0 fully saturated rings. The lowest BCUT2D eigenvalue weighted by Gasteiger charge is -2.01. The number of nitrogen functional groups attached to an aromatic ring is 2. The fourth-order valence-electron chi connectivity index (χ4n) is 0.683. The normalized spacial score (nSPS) is 10.4. The number of nitrogens with zero attached hydrogens (tertiary/aromatic N) is 3. The van der Waals surface area contributed by atoms with Crippen molar-refractivity contribution < 1.29 is 4.74 Å². The van der Waals surface area contributed by atoms with Gasteiger partial charge in [0.2, 0.25) is 5.95 Å². The molecular weight excluding hydrogens is 160 g/mol. The van der Waals surface area contributed by atoms with Crippen LogP contribution < -0.4 is 17.3 Å². The van der Waals surface area contributed by atoms with Crippen molar-refractivity contribution in [2.75, 3.05) is 24.7 Å². The van der Waals surface area contributed by atoms with Gasteiger partial charge in [0.25, 0.3) is 0 Å². The van der Waals surface area contributed by atoms with Crippen molar-refractivity contribution in [3.63, 3.8) is 0 Å². The highest BCUT2D eigenvalue weighted by Gasteiger charge is 2.04. The number of hydrogen-bond acceptors (Lipinski definition) is 6. The molecule has 1 heterocycles. The third-order valence-corrected chi connectivity index (χ3v) is 1.29. The Hall–Kier alpha value is -1.34. The van der Waals surface area contributed by atoms with Crippen LogP contribution in [-0.2, 0) is 11.3 Å². The van der Waals surface area contributed by atoms with E-state index in [1.165, 1.54) is 4.68 Å². The summed E-state index contributed by atoms with van der Waals surface area (Å²) >= 11 is 0. The van der Waals surface area contributed by atoms with Crippen LogP contribution in [0.4, 0.5) is 5.95 Å². The summed E-state index contributed by atoms with van der Waals surface area (Å²) in [5, 5.41) is 7.23. The SMILES string of the molecule is NCCOCc1nnc(N)n1N. The van der Waals surface area contributed by atoms with Crippen LogP contribution in [0, 0.1) is 0 Å². The van der Waals surface area contributed by atoms with Crippen LogP contribution in [0.1, 0.15) is 5.82 Å². The zero-order valence-corrected chi connectivity index (χ0v) is 6.60. The van der Waals surface area contributed by atoms with Gasteiger partial charge in [0.15, 0.2) is 5.82 Å². The first-order valence-corrected chi connectivity index (χ1v) is 3.48. The van der Waals surface area contributed by atoms with Crippen molar-refractivity contribution >= 4 is 5.95 Å². The summed E-state index contributed by atoms with van der Waals surface area (Å²) in [4.78, 5) is 0. The number of anilines is 1. The van der Waals surface area contributed by atoms with E-state index >= 15 is 0 Å². The van der Waals surface area contributed by atoms with Crippen molar-refractivity contribution in [1.82, 2.24) is 14.9 Å². The molecule has 1 aromatic rings. The van der Waals surface area contributed by atoms with E-state index in [4.69, 9.17) is 22.0 Å². The molecule has 0 saturated carbocycles. The summed E-state index contributed by atoms with van der Waals surface area (Å²) in [5.41, 5.74) is 10.5. The molecule has 0 unspecified atom stereocenters. The molecule has 68 valence electrons. The Morgan fingerprint density at radius 3 is 2.67 bits per heavy atom. The minimum atomic E-state index is 0.168. The van der Waals surface area contributed by atoms with Gasteiger partial charge in [0, 0.05) is 6.54 Å². The van der Waals surface area contributed by atoms with Gasteiger partial charge >= 0.3 is 0 Å². The van der Waals surface area contributed by atoms with Crippen molar-refractivity contribution in [2.24, 2.45) is 5.73 Å². The molecule has 0 bridgehead atoms. The molecule has 0 amide bonds. The minimum Gasteiger partial charge on any atom is -0.372 e. The van der Waals surface area contributed by atoms with Crippen LogP contribution in [0.25, 0.3) is 0 Å². The molecular formula is C5H12N6O. The topological polar surface area (TPSA) is 118 Å². The first-order valence-electron chi connectivity index (χ1n) is 3.48. The van der Waals surface area contributed by atoms with Crippen LogP contribution >= 0.6 is 0 Å². The van der Waals surface area contributed by atoms with E-state index in [-0.39, 0.29) is 12.6 Å². The van der Waals surface area contributed by atoms with E-state index < -0.39 is 0 Å². The second-order valence-corrected chi connectivity index (χ2v) is 2.19. The highest BCUT2D eigenvalue weighted by molar-refractivity contribution is 5.16. The van der Waals surface area contributed by atoms with E-state index in [1.807, 2.05) is 0 Å². The Kier molecular flexibility index (Phi) is 2.83. The van der Waals surface area contributed by atoms with Gasteiger partial charge in [0.1, 0.15) is 6.61 Å². The number of aromatic nitrogens is 3. The first kappa shape index (κ1) is 8.75. The van der Waals surface area contributed by atoms with Gasteiger partial charge in [-0.2, -0.15) is 0 Å². The molecule has 0 atom stereocenters. The largest absolute Gasteiger partial charge is 0.372 e. The number of rotatable bonds is 4.